The van der Waals surface area contributed by atoms with Crippen molar-refractivity contribution in [2.45, 2.75) is 12.5 Å². The summed E-state index contributed by atoms with van der Waals surface area (Å²) in [5.74, 6) is -1.49. The molecule has 0 aliphatic rings. The topological polar surface area (TPSA) is 79.3 Å². The molecule has 2 N–H and O–H groups in total. The average Bonchev–Trinajstić information content (AvgIpc) is 2.61. The summed E-state index contributed by atoms with van der Waals surface area (Å²) in [7, 11) is 0. The maximum atomic E-state index is 12.2. The SMILES string of the molecule is O=C(N[C@@H](Cc1ccc2ccccc2c1)C(=O)O)c1ccncc1. The first kappa shape index (κ1) is 15.7. The normalized spacial score (nSPS) is 11.8. The molecule has 0 bridgehead atoms. The Balaban J connectivity index is 1.78. The summed E-state index contributed by atoms with van der Waals surface area (Å²) in [4.78, 5) is 27.5. The Kier molecular flexibility index (Phi) is 4.52. The lowest BCUT2D eigenvalue weighted by atomic mass is 10.0. The molecular weight excluding hydrogens is 304 g/mol. The van der Waals surface area contributed by atoms with Gasteiger partial charge in [-0.1, -0.05) is 42.5 Å². The van der Waals surface area contributed by atoms with Gasteiger partial charge in [-0.25, -0.2) is 4.79 Å². The molecule has 0 saturated carbocycles. The Labute approximate surface area is 139 Å². The molecule has 5 nitrogen and oxygen atoms in total. The predicted octanol–water partition coefficient (Wildman–Crippen LogP) is 2.66. The van der Waals surface area contributed by atoms with Crippen LogP contribution in [0.4, 0.5) is 0 Å². The Morgan fingerprint density at radius 1 is 1.00 bits per heavy atom. The van der Waals surface area contributed by atoms with Crippen molar-refractivity contribution in [2.75, 3.05) is 0 Å². The maximum Gasteiger partial charge on any atom is 0.326 e. The quantitative estimate of drug-likeness (QED) is 0.757. The van der Waals surface area contributed by atoms with E-state index in [9.17, 15) is 14.7 Å². The molecule has 1 heterocycles. The number of amides is 1. The number of fused-ring (bicyclic) bond motifs is 1. The van der Waals surface area contributed by atoms with Gasteiger partial charge in [0.2, 0.25) is 0 Å². The van der Waals surface area contributed by atoms with E-state index in [1.54, 1.807) is 12.1 Å². The summed E-state index contributed by atoms with van der Waals surface area (Å²) in [5, 5.41) is 14.1. The number of carbonyl (C=O) groups is 2. The smallest absolute Gasteiger partial charge is 0.326 e. The molecule has 120 valence electrons. The van der Waals surface area contributed by atoms with Gasteiger partial charge in [0.25, 0.3) is 5.91 Å². The van der Waals surface area contributed by atoms with Gasteiger partial charge in [-0.05, 0) is 28.5 Å². The van der Waals surface area contributed by atoms with E-state index < -0.39 is 17.9 Å². The number of nitrogens with zero attached hydrogens (tertiary/aromatic N) is 1. The minimum Gasteiger partial charge on any atom is -0.480 e. The van der Waals surface area contributed by atoms with Crippen LogP contribution in [-0.2, 0) is 11.2 Å². The highest BCUT2D eigenvalue weighted by Gasteiger charge is 2.21. The second-order valence-corrected chi connectivity index (χ2v) is 5.49. The van der Waals surface area contributed by atoms with Crippen molar-refractivity contribution >= 4 is 22.6 Å². The number of nitrogens with one attached hydrogen (secondary N) is 1. The van der Waals surface area contributed by atoms with Crippen LogP contribution in [0.3, 0.4) is 0 Å². The van der Waals surface area contributed by atoms with E-state index in [1.165, 1.54) is 12.4 Å². The van der Waals surface area contributed by atoms with Crippen LogP contribution >= 0.6 is 0 Å². The van der Waals surface area contributed by atoms with Gasteiger partial charge < -0.3 is 10.4 Å². The molecule has 0 aliphatic carbocycles. The molecule has 3 rings (SSSR count). The first-order valence-electron chi connectivity index (χ1n) is 7.55. The summed E-state index contributed by atoms with van der Waals surface area (Å²) in [6, 6.07) is 15.8. The molecule has 1 amide bonds. The summed E-state index contributed by atoms with van der Waals surface area (Å²) in [6.45, 7) is 0. The number of aromatic nitrogens is 1. The minimum atomic E-state index is -1.06. The van der Waals surface area contributed by atoms with E-state index in [1.807, 2.05) is 42.5 Å². The fourth-order valence-electron chi connectivity index (χ4n) is 2.55. The molecule has 3 aromatic rings. The third-order valence-electron chi connectivity index (χ3n) is 3.80. The minimum absolute atomic E-state index is 0.219. The van der Waals surface area contributed by atoms with Gasteiger partial charge in [0.05, 0.1) is 0 Å². The maximum absolute atomic E-state index is 12.2. The number of carboxylic acids is 1. The van der Waals surface area contributed by atoms with Crippen molar-refractivity contribution in [1.82, 2.24) is 10.3 Å². The van der Waals surface area contributed by atoms with Crippen molar-refractivity contribution in [3.8, 4) is 0 Å². The van der Waals surface area contributed by atoms with Gasteiger partial charge >= 0.3 is 5.97 Å². The molecular formula is C19H16N2O3. The average molecular weight is 320 g/mol. The fraction of sp³-hybridized carbons (Fsp3) is 0.105. The van der Waals surface area contributed by atoms with E-state index in [4.69, 9.17) is 0 Å². The molecule has 2 aromatic carbocycles. The Morgan fingerprint density at radius 3 is 2.42 bits per heavy atom. The van der Waals surface area contributed by atoms with Gasteiger partial charge in [0.15, 0.2) is 0 Å². The van der Waals surface area contributed by atoms with Crippen molar-refractivity contribution in [3.63, 3.8) is 0 Å². The molecule has 1 atom stereocenters. The Morgan fingerprint density at radius 2 is 1.71 bits per heavy atom. The molecule has 0 radical (unpaired) electrons. The zero-order chi connectivity index (χ0) is 16.9. The summed E-state index contributed by atoms with van der Waals surface area (Å²) >= 11 is 0. The standard InChI is InChI=1S/C19H16N2O3/c22-18(15-7-9-20-10-8-15)21-17(19(23)24)12-13-5-6-14-3-1-2-4-16(14)11-13/h1-11,17H,12H2,(H,21,22)(H,23,24)/t17-/m0/s1. The first-order valence-corrected chi connectivity index (χ1v) is 7.55. The van der Waals surface area contributed by atoms with Crippen molar-refractivity contribution < 1.29 is 14.7 Å². The van der Waals surface area contributed by atoms with Gasteiger partial charge in [0, 0.05) is 24.4 Å². The van der Waals surface area contributed by atoms with Gasteiger partial charge in [-0.15, -0.1) is 0 Å². The summed E-state index contributed by atoms with van der Waals surface area (Å²) in [5.41, 5.74) is 1.24. The second kappa shape index (κ2) is 6.91. The van der Waals surface area contributed by atoms with E-state index in [0.29, 0.717) is 5.56 Å². The Bertz CT molecular complexity index is 878. The van der Waals surface area contributed by atoms with Crippen molar-refractivity contribution in [3.05, 3.63) is 78.1 Å². The highest BCUT2D eigenvalue weighted by Crippen LogP contribution is 2.17. The number of benzene rings is 2. The van der Waals surface area contributed by atoms with E-state index in [0.717, 1.165) is 16.3 Å². The number of rotatable bonds is 5. The molecule has 0 aliphatic heterocycles. The van der Waals surface area contributed by atoms with Crippen LogP contribution in [0.2, 0.25) is 0 Å². The van der Waals surface area contributed by atoms with Crippen molar-refractivity contribution in [2.24, 2.45) is 0 Å². The summed E-state index contributed by atoms with van der Waals surface area (Å²) < 4.78 is 0. The third-order valence-corrected chi connectivity index (χ3v) is 3.80. The third kappa shape index (κ3) is 3.57. The van der Waals surface area contributed by atoms with Crippen LogP contribution in [0.15, 0.2) is 67.0 Å². The lowest BCUT2D eigenvalue weighted by Gasteiger charge is -2.15. The van der Waals surface area contributed by atoms with E-state index in [-0.39, 0.29) is 6.42 Å². The zero-order valence-electron chi connectivity index (χ0n) is 12.8. The lowest BCUT2D eigenvalue weighted by Crippen LogP contribution is -2.42. The predicted molar refractivity (Wildman–Crippen MR) is 90.8 cm³/mol. The van der Waals surface area contributed by atoms with Crippen LogP contribution in [0.1, 0.15) is 15.9 Å². The fourth-order valence-corrected chi connectivity index (χ4v) is 2.55. The molecule has 1 aromatic heterocycles. The highest BCUT2D eigenvalue weighted by molar-refractivity contribution is 5.96. The van der Waals surface area contributed by atoms with Crippen molar-refractivity contribution in [1.29, 1.82) is 0 Å². The lowest BCUT2D eigenvalue weighted by molar-refractivity contribution is -0.139. The molecule has 0 unspecified atom stereocenters. The Hall–Kier alpha value is -3.21. The van der Waals surface area contributed by atoms with Gasteiger partial charge in [0.1, 0.15) is 6.04 Å². The van der Waals surface area contributed by atoms with Crippen LogP contribution < -0.4 is 5.32 Å². The molecule has 5 heteroatoms. The van der Waals surface area contributed by atoms with Crippen LogP contribution in [-0.4, -0.2) is 28.0 Å². The molecule has 24 heavy (non-hydrogen) atoms. The molecule has 0 saturated heterocycles. The van der Waals surface area contributed by atoms with E-state index >= 15 is 0 Å². The van der Waals surface area contributed by atoms with Crippen LogP contribution in [0, 0.1) is 0 Å². The largest absolute Gasteiger partial charge is 0.480 e. The molecule has 0 spiro atoms. The number of hydrogen-bond acceptors (Lipinski definition) is 3. The van der Waals surface area contributed by atoms with Crippen LogP contribution in [0.5, 0.6) is 0 Å². The van der Waals surface area contributed by atoms with Gasteiger partial charge in [-0.2, -0.15) is 0 Å². The monoisotopic (exact) mass is 320 g/mol. The number of pyridine rings is 1. The number of carbonyl (C=O) groups excluding carboxylic acids is 1. The number of hydrogen-bond donors (Lipinski definition) is 2. The second-order valence-electron chi connectivity index (χ2n) is 5.49. The number of aliphatic carboxylic acids is 1. The first-order chi connectivity index (χ1) is 11.6. The van der Waals surface area contributed by atoms with E-state index in [2.05, 4.69) is 10.3 Å². The summed E-state index contributed by atoms with van der Waals surface area (Å²) in [6.07, 6.45) is 3.21. The molecule has 0 fully saturated rings. The van der Waals surface area contributed by atoms with Gasteiger partial charge in [-0.3, -0.25) is 9.78 Å². The zero-order valence-corrected chi connectivity index (χ0v) is 12.8. The number of carboxylic acid groups (broad SMARTS) is 1. The van der Waals surface area contributed by atoms with Crippen LogP contribution in [0.25, 0.3) is 10.8 Å². The highest BCUT2D eigenvalue weighted by atomic mass is 16.4.